The number of unbranched alkanes of at least 4 members (excludes halogenated alkanes) is 4. The Morgan fingerprint density at radius 2 is 1.47 bits per heavy atom. The van der Waals surface area contributed by atoms with Gasteiger partial charge < -0.3 is 9.64 Å². The molecule has 2 nitrogen and oxygen atoms in total. The average molecular weight is 263 g/mol. The van der Waals surface area contributed by atoms with Gasteiger partial charge in [-0.1, -0.05) is 32.6 Å². The first-order valence-electron chi connectivity index (χ1n) is 7.79. The smallest absolute Gasteiger partial charge is 0.119 e. The summed E-state index contributed by atoms with van der Waals surface area (Å²) in [5.41, 5.74) is 1.28. The number of hydrogen-bond donors (Lipinski definition) is 0. The predicted molar refractivity (Wildman–Crippen MR) is 84.3 cm³/mol. The summed E-state index contributed by atoms with van der Waals surface area (Å²) in [4.78, 5) is 2.34. The van der Waals surface area contributed by atoms with Crippen molar-refractivity contribution in [2.24, 2.45) is 0 Å². The van der Waals surface area contributed by atoms with Crippen LogP contribution in [0.1, 0.15) is 52.9 Å². The molecule has 0 unspecified atom stereocenters. The highest BCUT2D eigenvalue weighted by atomic mass is 16.5. The van der Waals surface area contributed by atoms with E-state index in [1.54, 1.807) is 0 Å². The van der Waals surface area contributed by atoms with Gasteiger partial charge in [0.05, 0.1) is 6.61 Å². The van der Waals surface area contributed by atoms with Crippen LogP contribution in [-0.4, -0.2) is 19.7 Å². The molecule has 0 saturated heterocycles. The number of anilines is 1. The van der Waals surface area contributed by atoms with E-state index in [4.69, 9.17) is 4.74 Å². The molecule has 1 aromatic carbocycles. The fraction of sp³-hybridized carbons (Fsp3) is 0.647. The highest BCUT2D eigenvalue weighted by molar-refractivity contribution is 5.48. The number of benzene rings is 1. The van der Waals surface area contributed by atoms with E-state index >= 15 is 0 Å². The summed E-state index contributed by atoms with van der Waals surface area (Å²) in [6.07, 6.45) is 6.43. The first kappa shape index (κ1) is 15.9. The maximum absolute atomic E-state index is 5.77. The van der Waals surface area contributed by atoms with E-state index in [-0.39, 0.29) is 0 Å². The molecule has 1 rings (SSSR count). The Morgan fingerprint density at radius 1 is 0.842 bits per heavy atom. The van der Waals surface area contributed by atoms with Gasteiger partial charge in [-0.15, -0.1) is 0 Å². The van der Waals surface area contributed by atoms with Gasteiger partial charge in [-0.3, -0.25) is 0 Å². The molecule has 19 heavy (non-hydrogen) atoms. The molecule has 0 bridgehead atoms. The molecule has 0 spiro atoms. The first-order chi connectivity index (χ1) is 9.31. The number of hydrogen-bond acceptors (Lipinski definition) is 2. The molecule has 2 heteroatoms. The van der Waals surface area contributed by atoms with Crippen molar-refractivity contribution in [3.63, 3.8) is 0 Å². The summed E-state index contributed by atoms with van der Waals surface area (Å²) in [6.45, 7) is 9.55. The van der Waals surface area contributed by atoms with Crippen LogP contribution >= 0.6 is 0 Å². The molecule has 0 atom stereocenters. The zero-order valence-corrected chi connectivity index (χ0v) is 12.8. The Hall–Kier alpha value is -1.18. The standard InChI is InChI=1S/C17H29NO/c1-4-7-8-9-10-15-19-17-13-11-16(12-14-17)18(5-2)6-3/h11-14H,4-10,15H2,1-3H3. The second-order valence-electron chi connectivity index (χ2n) is 4.93. The molecule has 0 fully saturated rings. The third-order valence-electron chi connectivity index (χ3n) is 3.48. The highest BCUT2D eigenvalue weighted by Gasteiger charge is 2.01. The molecule has 0 aliphatic carbocycles. The molecule has 0 aromatic heterocycles. The van der Waals surface area contributed by atoms with E-state index in [1.807, 2.05) is 0 Å². The fourth-order valence-corrected chi connectivity index (χ4v) is 2.24. The molecule has 108 valence electrons. The number of ether oxygens (including phenoxy) is 1. The van der Waals surface area contributed by atoms with E-state index in [0.717, 1.165) is 31.9 Å². The summed E-state index contributed by atoms with van der Waals surface area (Å²) in [6, 6.07) is 8.47. The largest absolute Gasteiger partial charge is 0.494 e. The van der Waals surface area contributed by atoms with Crippen molar-refractivity contribution in [3.05, 3.63) is 24.3 Å². The Morgan fingerprint density at radius 3 is 2.05 bits per heavy atom. The van der Waals surface area contributed by atoms with Gasteiger partial charge in [0, 0.05) is 18.8 Å². The zero-order valence-electron chi connectivity index (χ0n) is 12.8. The minimum absolute atomic E-state index is 0.842. The Kier molecular flexibility index (Phi) is 8.11. The number of rotatable bonds is 10. The third kappa shape index (κ3) is 6.00. The van der Waals surface area contributed by atoms with Crippen molar-refractivity contribution >= 4 is 5.69 Å². The van der Waals surface area contributed by atoms with Crippen molar-refractivity contribution in [3.8, 4) is 5.75 Å². The van der Waals surface area contributed by atoms with Crippen LogP contribution < -0.4 is 9.64 Å². The zero-order chi connectivity index (χ0) is 13.9. The van der Waals surface area contributed by atoms with Crippen LogP contribution in [-0.2, 0) is 0 Å². The van der Waals surface area contributed by atoms with Gasteiger partial charge >= 0.3 is 0 Å². The van der Waals surface area contributed by atoms with Crippen LogP contribution in [0.4, 0.5) is 5.69 Å². The van der Waals surface area contributed by atoms with Crippen LogP contribution in [0.15, 0.2) is 24.3 Å². The molecule has 0 N–H and O–H groups in total. The molecule has 0 aliphatic rings. The summed E-state index contributed by atoms with van der Waals surface area (Å²) < 4.78 is 5.77. The summed E-state index contributed by atoms with van der Waals surface area (Å²) in [7, 11) is 0. The minimum atomic E-state index is 0.842. The molecular weight excluding hydrogens is 234 g/mol. The molecular formula is C17H29NO. The lowest BCUT2D eigenvalue weighted by Gasteiger charge is -2.21. The molecule has 0 radical (unpaired) electrons. The molecule has 0 aliphatic heterocycles. The van der Waals surface area contributed by atoms with Crippen LogP contribution in [0.5, 0.6) is 5.75 Å². The van der Waals surface area contributed by atoms with Gasteiger partial charge in [-0.25, -0.2) is 0 Å². The summed E-state index contributed by atoms with van der Waals surface area (Å²) in [5, 5.41) is 0. The summed E-state index contributed by atoms with van der Waals surface area (Å²) in [5.74, 6) is 0.992. The maximum Gasteiger partial charge on any atom is 0.119 e. The van der Waals surface area contributed by atoms with Gasteiger partial charge in [0.2, 0.25) is 0 Å². The van der Waals surface area contributed by atoms with Crippen LogP contribution in [0, 0.1) is 0 Å². The lowest BCUT2D eigenvalue weighted by Crippen LogP contribution is -2.21. The Labute approximate surface area is 118 Å². The molecule has 1 aromatic rings. The SMILES string of the molecule is CCCCCCCOc1ccc(N(CC)CC)cc1. The predicted octanol–water partition coefficient (Wildman–Crippen LogP) is 4.88. The van der Waals surface area contributed by atoms with Gasteiger partial charge in [0.25, 0.3) is 0 Å². The topological polar surface area (TPSA) is 12.5 Å². The second-order valence-corrected chi connectivity index (χ2v) is 4.93. The molecule has 0 heterocycles. The van der Waals surface area contributed by atoms with E-state index in [1.165, 1.54) is 31.4 Å². The quantitative estimate of drug-likeness (QED) is 0.558. The Bertz CT molecular complexity index is 317. The first-order valence-corrected chi connectivity index (χ1v) is 7.79. The van der Waals surface area contributed by atoms with E-state index in [9.17, 15) is 0 Å². The van der Waals surface area contributed by atoms with E-state index < -0.39 is 0 Å². The van der Waals surface area contributed by atoms with Crippen LogP contribution in [0.3, 0.4) is 0 Å². The van der Waals surface area contributed by atoms with Crippen molar-refractivity contribution in [2.45, 2.75) is 52.9 Å². The third-order valence-corrected chi connectivity index (χ3v) is 3.48. The average Bonchev–Trinajstić information content (AvgIpc) is 2.45. The fourth-order valence-electron chi connectivity index (χ4n) is 2.24. The number of nitrogens with zero attached hydrogens (tertiary/aromatic N) is 1. The van der Waals surface area contributed by atoms with E-state index in [2.05, 4.69) is 49.9 Å². The van der Waals surface area contributed by atoms with Gasteiger partial charge in [0.15, 0.2) is 0 Å². The van der Waals surface area contributed by atoms with Gasteiger partial charge in [-0.2, -0.15) is 0 Å². The lowest BCUT2D eigenvalue weighted by molar-refractivity contribution is 0.304. The normalized spacial score (nSPS) is 10.5. The second kappa shape index (κ2) is 9.71. The van der Waals surface area contributed by atoms with E-state index in [0.29, 0.717) is 0 Å². The van der Waals surface area contributed by atoms with Crippen molar-refractivity contribution in [2.75, 3.05) is 24.6 Å². The highest BCUT2D eigenvalue weighted by Crippen LogP contribution is 2.19. The lowest BCUT2D eigenvalue weighted by atomic mass is 10.2. The molecule has 0 saturated carbocycles. The van der Waals surface area contributed by atoms with Gasteiger partial charge in [-0.05, 0) is 44.5 Å². The van der Waals surface area contributed by atoms with Crippen LogP contribution in [0.2, 0.25) is 0 Å². The molecule has 0 amide bonds. The minimum Gasteiger partial charge on any atom is -0.494 e. The van der Waals surface area contributed by atoms with Crippen molar-refractivity contribution in [1.29, 1.82) is 0 Å². The van der Waals surface area contributed by atoms with Crippen molar-refractivity contribution < 1.29 is 4.74 Å². The van der Waals surface area contributed by atoms with Gasteiger partial charge in [0.1, 0.15) is 5.75 Å². The van der Waals surface area contributed by atoms with Crippen LogP contribution in [0.25, 0.3) is 0 Å². The van der Waals surface area contributed by atoms with Crippen molar-refractivity contribution in [1.82, 2.24) is 0 Å². The monoisotopic (exact) mass is 263 g/mol. The Balaban J connectivity index is 2.28. The summed E-state index contributed by atoms with van der Waals surface area (Å²) >= 11 is 0. The maximum atomic E-state index is 5.77.